The minimum Gasteiger partial charge on any atom is -0.387 e. The third-order valence-electron chi connectivity index (χ3n) is 0. The van der Waals surface area contributed by atoms with Gasteiger partial charge in [0, 0.05) is 38.8 Å². The zero-order chi connectivity index (χ0) is 4.71. The Bertz CT molecular complexity index is 27.5. The van der Waals surface area contributed by atoms with E-state index in [9.17, 15) is 0 Å². The van der Waals surface area contributed by atoms with Gasteiger partial charge in [-0.25, -0.2) is 7.89 Å². The van der Waals surface area contributed by atoms with E-state index in [1.165, 1.54) is 15.8 Å². The van der Waals surface area contributed by atoms with Gasteiger partial charge in [-0.15, -0.1) is 0 Å². The summed E-state index contributed by atoms with van der Waals surface area (Å²) in [6.45, 7) is 0. The second kappa shape index (κ2) is 49.1. The maximum Gasteiger partial charge on any atom is 0.282 e. The van der Waals surface area contributed by atoms with Gasteiger partial charge in [-0.2, -0.15) is 0 Å². The summed E-state index contributed by atoms with van der Waals surface area (Å²) < 4.78 is 8.98. The number of hydrogen-bond donors (Lipinski definition) is 0. The molecule has 48 valence electrons. The van der Waals surface area contributed by atoms with E-state index < -0.39 is 9.07 Å². The van der Waals surface area contributed by atoms with E-state index in [4.69, 9.17) is 4.46 Å². The Morgan fingerprint density at radius 3 is 1.38 bits per heavy atom. The molecule has 8 heteroatoms. The van der Waals surface area contributed by atoms with Crippen molar-refractivity contribution in [3.63, 3.8) is 0 Å². The maximum absolute atomic E-state index is 8.98. The molecule has 0 heterocycles. The molecule has 0 rings (SSSR count). The minimum atomic E-state index is -0.583. The Morgan fingerprint density at radius 2 is 1.38 bits per heavy atom. The molecule has 1 nitrogen and oxygen atoms in total. The molecule has 0 saturated heterocycles. The fourth-order valence-corrected chi connectivity index (χ4v) is 0. The van der Waals surface area contributed by atoms with E-state index in [1.54, 1.807) is 0 Å². The molecule has 0 aliphatic rings. The van der Waals surface area contributed by atoms with Gasteiger partial charge in [-0.05, 0) is 0 Å². The van der Waals surface area contributed by atoms with Crippen molar-refractivity contribution in [3.8, 4) is 0 Å². The van der Waals surface area contributed by atoms with Crippen LogP contribution in [0.4, 0.5) is 0 Å². The van der Waals surface area contributed by atoms with Gasteiger partial charge in [0.25, 0.3) is 9.07 Å². The zero-order valence-corrected chi connectivity index (χ0v) is 12.1. The van der Waals surface area contributed by atoms with Crippen LogP contribution in [0.1, 0.15) is 0 Å². The molecule has 8 heavy (non-hydrogen) atoms. The number of rotatable bonds is 0. The molecule has 0 fully saturated rings. The Hall–Kier alpha value is 3.18. The van der Waals surface area contributed by atoms with Crippen molar-refractivity contribution >= 4 is 59.0 Å². The maximum atomic E-state index is 8.98. The third-order valence-corrected chi connectivity index (χ3v) is 0. The fraction of sp³-hybridized carbons (Fsp3) is 0. The van der Waals surface area contributed by atoms with Crippen molar-refractivity contribution in [2.24, 2.45) is 0 Å². The van der Waals surface area contributed by atoms with E-state index in [0.29, 0.717) is 0 Å². The summed E-state index contributed by atoms with van der Waals surface area (Å²) in [5.41, 5.74) is 0. The van der Waals surface area contributed by atoms with Crippen molar-refractivity contribution in [2.75, 3.05) is 0 Å². The SMILES string of the molecule is O=[SiH]P.[AlH2][PH2].[AlH3].[Fe].[Ti]. The fourth-order valence-electron chi connectivity index (χ4n) is 0. The third kappa shape index (κ3) is 60.8. The average Bonchev–Trinajstić information content (AvgIpc) is 1.46. The Balaban J connectivity index is -0.00000000567. The zero-order valence-electron chi connectivity index (χ0n) is 3.99. The van der Waals surface area contributed by atoms with E-state index in [2.05, 4.69) is 16.7 Å². The molecule has 0 aliphatic carbocycles. The Labute approximate surface area is 101 Å². The van der Waals surface area contributed by atoms with E-state index in [1.807, 2.05) is 0 Å². The van der Waals surface area contributed by atoms with Crippen LogP contribution in [0.3, 0.4) is 0 Å². The van der Waals surface area contributed by atoms with E-state index >= 15 is 0 Å². The first-order chi connectivity index (χ1) is 2.41. The summed E-state index contributed by atoms with van der Waals surface area (Å²) in [5, 5.41) is 0. The second-order valence-electron chi connectivity index (χ2n) is 0.136. The van der Waals surface area contributed by atoms with Crippen LogP contribution < -0.4 is 0 Å². The quantitative estimate of drug-likeness (QED) is 0.361. The summed E-state index contributed by atoms with van der Waals surface area (Å²) in [6.07, 6.45) is 0. The normalized spacial score (nSPS) is 2.25. The van der Waals surface area contributed by atoms with Gasteiger partial charge >= 0.3 is 0 Å². The summed E-state index contributed by atoms with van der Waals surface area (Å²) in [7, 11) is 4.08. The van der Waals surface area contributed by atoms with Crippen molar-refractivity contribution in [1.82, 2.24) is 0 Å². The van der Waals surface area contributed by atoms with Crippen LogP contribution in [0, 0.1) is 0 Å². The molecular weight excluding hydrogens is 264 g/mol. The molecule has 0 spiro atoms. The molecular formula is H10Al2FeOP2SiTi. The first kappa shape index (κ1) is 30.3. The molecule has 0 N–H and O–H groups in total. The topological polar surface area (TPSA) is 17.1 Å². The first-order valence-electron chi connectivity index (χ1n) is 1.15. The van der Waals surface area contributed by atoms with Gasteiger partial charge in [0.2, 0.25) is 15.8 Å². The van der Waals surface area contributed by atoms with E-state index in [-0.39, 0.29) is 56.1 Å². The van der Waals surface area contributed by atoms with Crippen molar-refractivity contribution in [2.45, 2.75) is 0 Å². The summed E-state index contributed by atoms with van der Waals surface area (Å²) in [4.78, 5) is 0. The van der Waals surface area contributed by atoms with Crippen molar-refractivity contribution in [1.29, 1.82) is 0 Å². The van der Waals surface area contributed by atoms with Crippen LogP contribution in [-0.4, -0.2) is 42.3 Å². The van der Waals surface area contributed by atoms with Gasteiger partial charge < -0.3 is 4.46 Å². The van der Waals surface area contributed by atoms with Gasteiger partial charge in [-0.3, -0.25) is 0 Å². The average molecular weight is 274 g/mol. The van der Waals surface area contributed by atoms with Gasteiger partial charge in [0.05, 0.1) is 0 Å². The van der Waals surface area contributed by atoms with Gasteiger partial charge in [0.1, 0.15) is 0 Å². The predicted molar refractivity (Wildman–Crippen MR) is 45.7 cm³/mol. The summed E-state index contributed by atoms with van der Waals surface area (Å²) in [5.74, 6) is 0. The van der Waals surface area contributed by atoms with Crippen LogP contribution in [0.5, 0.6) is 0 Å². The molecule has 0 aromatic rings. The van der Waals surface area contributed by atoms with Gasteiger partial charge in [0.15, 0.2) is 17.4 Å². The smallest absolute Gasteiger partial charge is 0.282 e. The minimum absolute atomic E-state index is 0. The molecule has 0 amide bonds. The van der Waals surface area contributed by atoms with Crippen molar-refractivity contribution < 1.29 is 43.2 Å². The van der Waals surface area contributed by atoms with Crippen LogP contribution in [0.15, 0.2) is 0 Å². The van der Waals surface area contributed by atoms with Crippen LogP contribution in [-0.2, 0) is 43.2 Å². The first-order valence-corrected chi connectivity index (χ1v) is 8.90. The molecule has 0 bridgehead atoms. The second-order valence-corrected chi connectivity index (χ2v) is 1.22. The molecule has 0 saturated carbocycles. The largest absolute Gasteiger partial charge is 0.387 e. The summed E-state index contributed by atoms with van der Waals surface area (Å²) in [6, 6.07) is 0. The molecule has 0 aliphatic heterocycles. The Morgan fingerprint density at radius 1 is 1.38 bits per heavy atom. The molecule has 0 aromatic heterocycles. The van der Waals surface area contributed by atoms with Crippen LogP contribution in [0.25, 0.3) is 0 Å². The molecule has 0 radical (unpaired) electrons. The van der Waals surface area contributed by atoms with Gasteiger partial charge in [-0.1, -0.05) is 8.79 Å². The monoisotopic (exact) mass is 274 g/mol. The molecule has 2 unspecified atom stereocenters. The molecule has 2 atom stereocenters. The van der Waals surface area contributed by atoms with Crippen molar-refractivity contribution in [3.05, 3.63) is 0 Å². The van der Waals surface area contributed by atoms with E-state index in [0.717, 1.165) is 0 Å². The predicted octanol–water partition coefficient (Wildman–Crippen LogP) is -2.22. The summed E-state index contributed by atoms with van der Waals surface area (Å²) >= 11 is 1.22. The van der Waals surface area contributed by atoms with Crippen LogP contribution in [0.2, 0.25) is 0 Å². The Kier molecular flexibility index (Phi) is 186. The number of hydrogen-bond acceptors (Lipinski definition) is 1. The standard InChI is InChI=1S/2Al.Fe.H3OPSi.H2P.Ti.5H/c;;;1-3-2;;;;;;;/h;;;3H,2H2;1H2;;;;;;/q;+1;;;-1;;;;;;. The molecule has 0 aromatic carbocycles. The van der Waals surface area contributed by atoms with Crippen LogP contribution >= 0.6 is 16.7 Å².